The minimum atomic E-state index is -0.826. The molecule has 8 nitrogen and oxygen atoms in total. The first kappa shape index (κ1) is 22.8. The van der Waals surface area contributed by atoms with Crippen LogP contribution in [0.1, 0.15) is 22.7 Å². The Labute approximate surface area is 197 Å². The summed E-state index contributed by atoms with van der Waals surface area (Å²) in [6.07, 6.45) is 3.18. The molecule has 0 saturated carbocycles. The van der Waals surface area contributed by atoms with Crippen LogP contribution in [0.25, 0.3) is 5.76 Å². The predicted octanol–water partition coefficient (Wildman–Crippen LogP) is 3.73. The Morgan fingerprint density at radius 3 is 2.44 bits per heavy atom. The van der Waals surface area contributed by atoms with Crippen LogP contribution in [0.15, 0.2) is 72.6 Å². The van der Waals surface area contributed by atoms with Gasteiger partial charge in [0.1, 0.15) is 11.5 Å². The van der Waals surface area contributed by atoms with Gasteiger partial charge in [-0.3, -0.25) is 14.6 Å². The lowest BCUT2D eigenvalue weighted by molar-refractivity contribution is -0.140. The Bertz CT molecular complexity index is 1260. The standard InChI is InChI=1S/C26H24N2O6/c1-32-19-8-4-6-16(12-19)15-28-23(18-7-5-11-27-14-18)22(25(30)26(28)31)24(29)17-9-10-20(33-2)21(13-17)34-3/h4-14,23,29H,15H2,1-3H3/b24-22-. The van der Waals surface area contributed by atoms with E-state index < -0.39 is 17.7 Å². The zero-order chi connectivity index (χ0) is 24.2. The predicted molar refractivity (Wildman–Crippen MR) is 125 cm³/mol. The van der Waals surface area contributed by atoms with Gasteiger partial charge in [-0.05, 0) is 47.5 Å². The maximum atomic E-state index is 13.2. The summed E-state index contributed by atoms with van der Waals surface area (Å²) in [5.41, 5.74) is 1.69. The summed E-state index contributed by atoms with van der Waals surface area (Å²) in [6.45, 7) is 0.143. The Hall–Kier alpha value is -4.33. The van der Waals surface area contributed by atoms with Gasteiger partial charge in [-0.2, -0.15) is 0 Å². The SMILES string of the molecule is COc1cccc(CN2C(=O)C(=O)/C(=C(\O)c3ccc(OC)c(OC)c3)C2c2cccnc2)c1. The van der Waals surface area contributed by atoms with Gasteiger partial charge in [0.25, 0.3) is 11.7 Å². The molecule has 1 amide bonds. The quantitative estimate of drug-likeness (QED) is 0.326. The zero-order valence-electron chi connectivity index (χ0n) is 19.0. The molecule has 1 aromatic heterocycles. The third-order valence-corrected chi connectivity index (χ3v) is 5.68. The molecule has 0 bridgehead atoms. The van der Waals surface area contributed by atoms with E-state index in [0.717, 1.165) is 5.56 Å². The van der Waals surface area contributed by atoms with Gasteiger partial charge >= 0.3 is 0 Å². The molecule has 1 N–H and O–H groups in total. The van der Waals surface area contributed by atoms with Crippen LogP contribution in [-0.2, 0) is 16.1 Å². The normalized spacial score (nSPS) is 17.0. The maximum absolute atomic E-state index is 13.2. The van der Waals surface area contributed by atoms with Gasteiger partial charge < -0.3 is 24.2 Å². The molecule has 1 unspecified atom stereocenters. The molecule has 2 aromatic carbocycles. The van der Waals surface area contributed by atoms with Crippen LogP contribution in [0.5, 0.6) is 17.2 Å². The average molecular weight is 460 g/mol. The average Bonchev–Trinajstić information content (AvgIpc) is 3.13. The number of likely N-dealkylation sites (tertiary alicyclic amines) is 1. The number of Topliss-reactive ketones (excluding diaryl/α,β-unsaturated/α-hetero) is 1. The van der Waals surface area contributed by atoms with E-state index in [9.17, 15) is 14.7 Å². The molecule has 174 valence electrons. The number of hydrogen-bond donors (Lipinski definition) is 1. The van der Waals surface area contributed by atoms with Crippen molar-refractivity contribution in [2.75, 3.05) is 21.3 Å². The summed E-state index contributed by atoms with van der Waals surface area (Å²) in [5, 5.41) is 11.2. The van der Waals surface area contributed by atoms with Crippen molar-refractivity contribution in [1.82, 2.24) is 9.88 Å². The van der Waals surface area contributed by atoms with Crippen LogP contribution in [0.3, 0.4) is 0 Å². The minimum absolute atomic E-state index is 0.0203. The van der Waals surface area contributed by atoms with Crippen LogP contribution < -0.4 is 14.2 Å². The number of benzene rings is 2. The van der Waals surface area contributed by atoms with Crippen molar-refractivity contribution in [3.8, 4) is 17.2 Å². The zero-order valence-corrected chi connectivity index (χ0v) is 19.0. The fraction of sp³-hybridized carbons (Fsp3) is 0.192. The Morgan fingerprint density at radius 1 is 0.971 bits per heavy atom. The van der Waals surface area contributed by atoms with E-state index in [1.807, 2.05) is 12.1 Å². The monoisotopic (exact) mass is 460 g/mol. The number of aromatic nitrogens is 1. The third kappa shape index (κ3) is 4.17. The lowest BCUT2D eigenvalue weighted by atomic mass is 9.96. The molecule has 34 heavy (non-hydrogen) atoms. The second-order valence-corrected chi connectivity index (χ2v) is 7.63. The lowest BCUT2D eigenvalue weighted by Gasteiger charge is -2.25. The summed E-state index contributed by atoms with van der Waals surface area (Å²) in [5.74, 6) is -0.294. The molecule has 8 heteroatoms. The van der Waals surface area contributed by atoms with Crippen molar-refractivity contribution in [2.45, 2.75) is 12.6 Å². The molecule has 0 spiro atoms. The van der Waals surface area contributed by atoms with Crippen LogP contribution in [0.2, 0.25) is 0 Å². The van der Waals surface area contributed by atoms with Gasteiger partial charge in [0.2, 0.25) is 0 Å². The number of hydrogen-bond acceptors (Lipinski definition) is 7. The molecular formula is C26H24N2O6. The Morgan fingerprint density at radius 2 is 1.76 bits per heavy atom. The van der Waals surface area contributed by atoms with E-state index in [-0.39, 0.29) is 17.9 Å². The highest BCUT2D eigenvalue weighted by atomic mass is 16.5. The van der Waals surface area contributed by atoms with Gasteiger partial charge in [-0.25, -0.2) is 0 Å². The second-order valence-electron chi connectivity index (χ2n) is 7.63. The molecule has 1 aliphatic heterocycles. The van der Waals surface area contributed by atoms with Crippen LogP contribution >= 0.6 is 0 Å². The summed E-state index contributed by atoms with van der Waals surface area (Å²) in [6, 6.07) is 14.7. The van der Waals surface area contributed by atoms with Gasteiger partial charge in [0, 0.05) is 24.5 Å². The minimum Gasteiger partial charge on any atom is -0.507 e. The number of aliphatic hydroxyl groups excluding tert-OH is 1. The summed E-state index contributed by atoms with van der Waals surface area (Å²) >= 11 is 0. The largest absolute Gasteiger partial charge is 0.507 e. The number of nitrogens with zero attached hydrogens (tertiary/aromatic N) is 2. The molecule has 0 aliphatic carbocycles. The summed E-state index contributed by atoms with van der Waals surface area (Å²) in [7, 11) is 4.54. The second kappa shape index (κ2) is 9.66. The Kier molecular flexibility index (Phi) is 6.49. The fourth-order valence-electron chi connectivity index (χ4n) is 4.03. The number of ketones is 1. The van der Waals surface area contributed by atoms with E-state index in [1.54, 1.807) is 62.0 Å². The van der Waals surface area contributed by atoms with Crippen molar-refractivity contribution in [3.63, 3.8) is 0 Å². The summed E-state index contributed by atoms with van der Waals surface area (Å²) in [4.78, 5) is 31.9. The molecule has 0 radical (unpaired) electrons. The van der Waals surface area contributed by atoms with E-state index >= 15 is 0 Å². The fourth-order valence-corrected chi connectivity index (χ4v) is 4.03. The molecule has 1 aliphatic rings. The third-order valence-electron chi connectivity index (χ3n) is 5.68. The first-order chi connectivity index (χ1) is 16.5. The number of pyridine rings is 1. The molecule has 2 heterocycles. The van der Waals surface area contributed by atoms with Crippen LogP contribution in [0, 0.1) is 0 Å². The van der Waals surface area contributed by atoms with Crippen LogP contribution in [0.4, 0.5) is 0 Å². The van der Waals surface area contributed by atoms with Crippen molar-refractivity contribution in [3.05, 3.63) is 89.3 Å². The van der Waals surface area contributed by atoms with Gasteiger partial charge in [-0.15, -0.1) is 0 Å². The van der Waals surface area contributed by atoms with Gasteiger partial charge in [-0.1, -0.05) is 18.2 Å². The number of rotatable bonds is 7. The van der Waals surface area contributed by atoms with E-state index in [0.29, 0.717) is 28.4 Å². The summed E-state index contributed by atoms with van der Waals surface area (Å²) < 4.78 is 15.9. The number of aliphatic hydroxyl groups is 1. The smallest absolute Gasteiger partial charge is 0.295 e. The number of methoxy groups -OCH3 is 3. The van der Waals surface area contributed by atoms with Gasteiger partial charge in [0.05, 0.1) is 32.9 Å². The highest BCUT2D eigenvalue weighted by Crippen LogP contribution is 2.41. The number of amides is 1. The molecule has 4 rings (SSSR count). The van der Waals surface area contributed by atoms with E-state index in [2.05, 4.69) is 4.98 Å². The Balaban J connectivity index is 1.84. The van der Waals surface area contributed by atoms with E-state index in [1.165, 1.54) is 19.1 Å². The first-order valence-corrected chi connectivity index (χ1v) is 10.5. The highest BCUT2D eigenvalue weighted by Gasteiger charge is 2.46. The molecule has 1 fully saturated rings. The number of carbonyl (C=O) groups is 2. The first-order valence-electron chi connectivity index (χ1n) is 10.5. The van der Waals surface area contributed by atoms with Crippen molar-refractivity contribution in [1.29, 1.82) is 0 Å². The van der Waals surface area contributed by atoms with Crippen molar-refractivity contribution in [2.24, 2.45) is 0 Å². The number of carbonyl (C=O) groups excluding carboxylic acids is 2. The van der Waals surface area contributed by atoms with E-state index in [4.69, 9.17) is 14.2 Å². The molecular weight excluding hydrogens is 436 g/mol. The molecule has 1 atom stereocenters. The maximum Gasteiger partial charge on any atom is 0.295 e. The molecule has 3 aromatic rings. The van der Waals surface area contributed by atoms with Crippen LogP contribution in [-0.4, -0.2) is 48.0 Å². The topological polar surface area (TPSA) is 98.2 Å². The highest BCUT2D eigenvalue weighted by molar-refractivity contribution is 6.46. The number of ether oxygens (including phenoxy) is 3. The van der Waals surface area contributed by atoms with Crippen molar-refractivity contribution >= 4 is 17.4 Å². The van der Waals surface area contributed by atoms with Gasteiger partial charge in [0.15, 0.2) is 11.5 Å². The molecule has 1 saturated heterocycles. The van der Waals surface area contributed by atoms with Crippen molar-refractivity contribution < 1.29 is 28.9 Å². The lowest BCUT2D eigenvalue weighted by Crippen LogP contribution is -2.29.